The molecule has 1 N–H and O–H groups in total. The molecule has 2 atom stereocenters. The average Bonchev–Trinajstić information content (AvgIpc) is 2.46. The molecule has 20 heavy (non-hydrogen) atoms. The average molecular weight is 279 g/mol. The van der Waals surface area contributed by atoms with Crippen LogP contribution in [0.1, 0.15) is 66.7 Å². The Morgan fingerprint density at radius 1 is 1.35 bits per heavy atom. The van der Waals surface area contributed by atoms with Gasteiger partial charge in [-0.25, -0.2) is 0 Å². The second-order valence-electron chi connectivity index (χ2n) is 7.12. The fourth-order valence-electron chi connectivity index (χ4n) is 3.14. The molecule has 0 amide bonds. The van der Waals surface area contributed by atoms with E-state index in [1.165, 1.54) is 32.4 Å². The highest BCUT2D eigenvalue weighted by Gasteiger charge is 2.33. The minimum Gasteiger partial charge on any atom is -0.301 e. The van der Waals surface area contributed by atoms with Crippen LogP contribution >= 0.6 is 0 Å². The highest BCUT2D eigenvalue weighted by molar-refractivity contribution is 5.05. The molecule has 0 aromatic carbocycles. The maximum Gasteiger partial charge on any atom is 0.105 e. The maximum atomic E-state index is 9.45. The molecule has 0 saturated carbocycles. The van der Waals surface area contributed by atoms with Crippen LogP contribution < -0.4 is 5.32 Å². The van der Waals surface area contributed by atoms with Crippen LogP contribution in [0.15, 0.2) is 0 Å². The molecule has 0 bridgehead atoms. The zero-order chi connectivity index (χ0) is 15.2. The molecule has 1 saturated heterocycles. The molecule has 2 unspecified atom stereocenters. The van der Waals surface area contributed by atoms with Crippen molar-refractivity contribution >= 4 is 0 Å². The molecule has 1 heterocycles. The first-order valence-electron chi connectivity index (χ1n) is 8.28. The summed E-state index contributed by atoms with van der Waals surface area (Å²) in [6, 6.07) is 2.95. The summed E-state index contributed by atoms with van der Waals surface area (Å²) in [5.74, 6) is 0. The zero-order valence-electron chi connectivity index (χ0n) is 14.1. The lowest BCUT2D eigenvalue weighted by Crippen LogP contribution is -2.50. The summed E-state index contributed by atoms with van der Waals surface area (Å²) in [7, 11) is 0. The van der Waals surface area contributed by atoms with Crippen LogP contribution in [0.25, 0.3) is 0 Å². The molecule has 3 nitrogen and oxygen atoms in total. The Kier molecular flexibility index (Phi) is 6.48. The van der Waals surface area contributed by atoms with Crippen LogP contribution in [0.4, 0.5) is 0 Å². The summed E-state index contributed by atoms with van der Waals surface area (Å²) in [6.45, 7) is 14.5. The number of hydrogen-bond donors (Lipinski definition) is 1. The molecule has 3 heteroatoms. The van der Waals surface area contributed by atoms with Gasteiger partial charge in [-0.3, -0.25) is 5.32 Å². The number of likely N-dealkylation sites (tertiary alicyclic amines) is 1. The minimum atomic E-state index is -0.388. The predicted octanol–water partition coefficient (Wildman–Crippen LogP) is 3.56. The van der Waals surface area contributed by atoms with Gasteiger partial charge in [-0.2, -0.15) is 5.26 Å². The van der Waals surface area contributed by atoms with Crippen molar-refractivity contribution in [3.05, 3.63) is 0 Å². The van der Waals surface area contributed by atoms with Gasteiger partial charge in [0.15, 0.2) is 0 Å². The van der Waals surface area contributed by atoms with E-state index < -0.39 is 0 Å². The summed E-state index contributed by atoms with van der Waals surface area (Å²) in [4.78, 5) is 2.57. The van der Waals surface area contributed by atoms with E-state index in [-0.39, 0.29) is 5.54 Å². The van der Waals surface area contributed by atoms with E-state index in [9.17, 15) is 5.26 Å². The lowest BCUT2D eigenvalue weighted by molar-refractivity contribution is 0.0763. The Bertz CT molecular complexity index is 326. The molecule has 1 rings (SSSR count). The summed E-state index contributed by atoms with van der Waals surface area (Å²) < 4.78 is 0. The van der Waals surface area contributed by atoms with Crippen molar-refractivity contribution in [1.29, 1.82) is 5.26 Å². The van der Waals surface area contributed by atoms with Gasteiger partial charge >= 0.3 is 0 Å². The summed E-state index contributed by atoms with van der Waals surface area (Å²) >= 11 is 0. The number of rotatable bonds is 7. The van der Waals surface area contributed by atoms with Crippen molar-refractivity contribution in [2.24, 2.45) is 5.41 Å². The lowest BCUT2D eigenvalue weighted by Gasteiger charge is -2.43. The van der Waals surface area contributed by atoms with Gasteiger partial charge in [0.2, 0.25) is 0 Å². The number of hydrogen-bond acceptors (Lipinski definition) is 3. The van der Waals surface area contributed by atoms with Gasteiger partial charge in [0.05, 0.1) is 6.07 Å². The highest BCUT2D eigenvalue weighted by atomic mass is 15.2. The molecule has 0 radical (unpaired) electrons. The minimum absolute atomic E-state index is 0.388. The quantitative estimate of drug-likeness (QED) is 0.774. The lowest BCUT2D eigenvalue weighted by atomic mass is 9.77. The molecule has 1 aliphatic rings. The topological polar surface area (TPSA) is 39.1 Å². The van der Waals surface area contributed by atoms with Gasteiger partial charge in [-0.05, 0) is 64.6 Å². The van der Waals surface area contributed by atoms with Gasteiger partial charge in [0.25, 0.3) is 0 Å². The van der Waals surface area contributed by atoms with Crippen molar-refractivity contribution in [3.8, 4) is 6.07 Å². The van der Waals surface area contributed by atoms with Gasteiger partial charge in [0.1, 0.15) is 5.54 Å². The SMILES string of the molecule is CCCNC(C)(C#N)CC(C)N1CCC(C)(CC)CC1. The van der Waals surface area contributed by atoms with Gasteiger partial charge < -0.3 is 4.90 Å². The number of piperidine rings is 1. The predicted molar refractivity (Wildman–Crippen MR) is 85.6 cm³/mol. The van der Waals surface area contributed by atoms with E-state index in [2.05, 4.69) is 44.0 Å². The third kappa shape index (κ3) is 4.75. The molecular formula is C17H33N3. The summed E-state index contributed by atoms with van der Waals surface area (Å²) in [5.41, 5.74) is 0.149. The Labute approximate surface area is 125 Å². The van der Waals surface area contributed by atoms with Crippen LogP contribution in [0.5, 0.6) is 0 Å². The fourth-order valence-corrected chi connectivity index (χ4v) is 3.14. The smallest absolute Gasteiger partial charge is 0.105 e. The first-order valence-corrected chi connectivity index (χ1v) is 8.28. The van der Waals surface area contributed by atoms with Crippen LogP contribution in [0.2, 0.25) is 0 Å². The van der Waals surface area contributed by atoms with Crippen molar-refractivity contribution < 1.29 is 0 Å². The van der Waals surface area contributed by atoms with Crippen molar-refractivity contribution in [1.82, 2.24) is 10.2 Å². The molecule has 0 aromatic rings. The van der Waals surface area contributed by atoms with E-state index in [0.29, 0.717) is 11.5 Å². The van der Waals surface area contributed by atoms with Crippen LogP contribution in [-0.4, -0.2) is 36.1 Å². The first-order chi connectivity index (χ1) is 9.38. The van der Waals surface area contributed by atoms with E-state index in [4.69, 9.17) is 0 Å². The van der Waals surface area contributed by atoms with E-state index >= 15 is 0 Å². The fraction of sp³-hybridized carbons (Fsp3) is 0.941. The van der Waals surface area contributed by atoms with Crippen LogP contribution in [0.3, 0.4) is 0 Å². The van der Waals surface area contributed by atoms with E-state index in [1.807, 2.05) is 6.92 Å². The highest BCUT2D eigenvalue weighted by Crippen LogP contribution is 2.35. The molecule has 0 spiro atoms. The third-order valence-electron chi connectivity index (χ3n) is 5.20. The summed E-state index contributed by atoms with van der Waals surface area (Å²) in [5, 5.41) is 12.9. The Balaban J connectivity index is 2.51. The molecule has 1 fully saturated rings. The first kappa shape index (κ1) is 17.5. The van der Waals surface area contributed by atoms with Gasteiger partial charge in [-0.15, -0.1) is 0 Å². The van der Waals surface area contributed by atoms with Crippen LogP contribution in [-0.2, 0) is 0 Å². The van der Waals surface area contributed by atoms with Crippen molar-refractivity contribution in [3.63, 3.8) is 0 Å². The largest absolute Gasteiger partial charge is 0.301 e. The molecule has 0 aliphatic carbocycles. The molecule has 116 valence electrons. The van der Waals surface area contributed by atoms with Gasteiger partial charge in [0, 0.05) is 6.04 Å². The zero-order valence-corrected chi connectivity index (χ0v) is 14.1. The normalized spacial score (nSPS) is 23.8. The van der Waals surface area contributed by atoms with Crippen molar-refractivity contribution in [2.45, 2.75) is 78.3 Å². The second-order valence-corrected chi connectivity index (χ2v) is 7.12. The number of nitrogens with one attached hydrogen (secondary N) is 1. The van der Waals surface area contributed by atoms with Crippen molar-refractivity contribution in [2.75, 3.05) is 19.6 Å². The Morgan fingerprint density at radius 3 is 2.40 bits per heavy atom. The third-order valence-corrected chi connectivity index (χ3v) is 5.20. The van der Waals surface area contributed by atoms with Crippen LogP contribution in [0, 0.1) is 16.7 Å². The Morgan fingerprint density at radius 2 is 1.95 bits per heavy atom. The molecule has 0 aromatic heterocycles. The second kappa shape index (κ2) is 7.43. The number of nitriles is 1. The van der Waals surface area contributed by atoms with Gasteiger partial charge in [-0.1, -0.05) is 27.2 Å². The maximum absolute atomic E-state index is 9.45. The molecular weight excluding hydrogens is 246 g/mol. The number of nitrogens with zero attached hydrogens (tertiary/aromatic N) is 2. The van der Waals surface area contributed by atoms with E-state index in [0.717, 1.165) is 19.4 Å². The standard InChI is InChI=1S/C17H33N3/c1-6-10-19-17(5,14-18)13-15(3)20-11-8-16(4,7-2)9-12-20/h15,19H,6-13H2,1-5H3. The monoisotopic (exact) mass is 279 g/mol. The Hall–Kier alpha value is -0.590. The van der Waals surface area contributed by atoms with E-state index in [1.54, 1.807) is 0 Å². The molecule has 1 aliphatic heterocycles. The summed E-state index contributed by atoms with van der Waals surface area (Å²) in [6.07, 6.45) is 5.85.